The maximum absolute atomic E-state index is 5.90. The second-order valence-electron chi connectivity index (χ2n) is 8.27. The van der Waals surface area contributed by atoms with Crippen molar-refractivity contribution >= 4 is 0 Å². The summed E-state index contributed by atoms with van der Waals surface area (Å²) >= 11 is 0. The molecule has 1 aromatic heterocycles. The molecule has 1 saturated carbocycles. The number of hydrogen-bond donors (Lipinski definition) is 0. The second kappa shape index (κ2) is 6.91. The van der Waals surface area contributed by atoms with Gasteiger partial charge in [-0.1, -0.05) is 32.3 Å². The predicted octanol–water partition coefficient (Wildman–Crippen LogP) is 3.56. The Morgan fingerprint density at radius 2 is 1.81 bits per heavy atom. The van der Waals surface area contributed by atoms with Gasteiger partial charge in [-0.05, 0) is 37.1 Å². The lowest BCUT2D eigenvalue weighted by atomic mass is 9.93. The SMILES string of the molecule is CC(C)(C)c1noc(COc2ccc(OCC3CN3C3CCC3)cc2)n1. The molecule has 26 heavy (non-hydrogen) atoms. The lowest BCUT2D eigenvalue weighted by Gasteiger charge is -2.27. The minimum atomic E-state index is -0.128. The molecule has 140 valence electrons. The number of nitrogens with zero attached hydrogens (tertiary/aromatic N) is 3. The summed E-state index contributed by atoms with van der Waals surface area (Å²) in [5.74, 6) is 2.82. The van der Waals surface area contributed by atoms with Crippen molar-refractivity contribution in [3.05, 3.63) is 36.0 Å². The molecular formula is C20H27N3O3. The smallest absolute Gasteiger partial charge is 0.264 e. The molecule has 2 aliphatic rings. The van der Waals surface area contributed by atoms with E-state index in [-0.39, 0.29) is 12.0 Å². The number of aromatic nitrogens is 2. The van der Waals surface area contributed by atoms with Crippen molar-refractivity contribution in [2.24, 2.45) is 0 Å². The Morgan fingerprint density at radius 3 is 2.38 bits per heavy atom. The van der Waals surface area contributed by atoms with Crippen molar-refractivity contribution in [2.75, 3.05) is 13.2 Å². The minimum absolute atomic E-state index is 0.128. The van der Waals surface area contributed by atoms with E-state index in [0.717, 1.165) is 24.1 Å². The van der Waals surface area contributed by atoms with Crippen LogP contribution in [0.3, 0.4) is 0 Å². The molecule has 0 N–H and O–H groups in total. The monoisotopic (exact) mass is 357 g/mol. The summed E-state index contributed by atoms with van der Waals surface area (Å²) in [5.41, 5.74) is -0.128. The molecule has 4 rings (SSSR count). The molecule has 6 heteroatoms. The van der Waals surface area contributed by atoms with Crippen LogP contribution in [-0.4, -0.2) is 40.3 Å². The Morgan fingerprint density at radius 1 is 1.12 bits per heavy atom. The van der Waals surface area contributed by atoms with Crippen LogP contribution in [0.4, 0.5) is 0 Å². The fourth-order valence-corrected chi connectivity index (χ4v) is 3.10. The van der Waals surface area contributed by atoms with Gasteiger partial charge in [-0.15, -0.1) is 0 Å². The summed E-state index contributed by atoms with van der Waals surface area (Å²) in [5, 5.41) is 4.00. The van der Waals surface area contributed by atoms with Crippen LogP contribution in [0.2, 0.25) is 0 Å². The Hall–Kier alpha value is -2.08. The fourth-order valence-electron chi connectivity index (χ4n) is 3.10. The zero-order valence-electron chi connectivity index (χ0n) is 15.8. The van der Waals surface area contributed by atoms with Crippen molar-refractivity contribution in [3.63, 3.8) is 0 Å². The minimum Gasteiger partial charge on any atom is -0.492 e. The van der Waals surface area contributed by atoms with Gasteiger partial charge in [0, 0.05) is 18.0 Å². The van der Waals surface area contributed by atoms with Gasteiger partial charge in [-0.3, -0.25) is 4.90 Å². The van der Waals surface area contributed by atoms with E-state index in [2.05, 4.69) is 15.0 Å². The number of hydrogen-bond acceptors (Lipinski definition) is 6. The van der Waals surface area contributed by atoms with Crippen molar-refractivity contribution in [2.45, 2.75) is 64.1 Å². The van der Waals surface area contributed by atoms with Crippen LogP contribution in [0.5, 0.6) is 11.5 Å². The summed E-state index contributed by atoms with van der Waals surface area (Å²) in [4.78, 5) is 6.92. The third-order valence-electron chi connectivity index (χ3n) is 5.07. The fraction of sp³-hybridized carbons (Fsp3) is 0.600. The molecule has 0 bridgehead atoms. The molecule has 2 unspecified atom stereocenters. The summed E-state index contributed by atoms with van der Waals surface area (Å²) in [6.45, 7) is 8.37. The topological polar surface area (TPSA) is 60.4 Å². The van der Waals surface area contributed by atoms with Crippen molar-refractivity contribution in [3.8, 4) is 11.5 Å². The number of benzene rings is 1. The Balaban J connectivity index is 1.22. The van der Waals surface area contributed by atoms with Gasteiger partial charge in [0.25, 0.3) is 5.89 Å². The lowest BCUT2D eigenvalue weighted by molar-refractivity contribution is 0.215. The van der Waals surface area contributed by atoms with Gasteiger partial charge < -0.3 is 14.0 Å². The van der Waals surface area contributed by atoms with Gasteiger partial charge in [-0.25, -0.2) is 0 Å². The van der Waals surface area contributed by atoms with E-state index in [1.54, 1.807) is 0 Å². The van der Waals surface area contributed by atoms with E-state index < -0.39 is 0 Å². The van der Waals surface area contributed by atoms with E-state index in [0.29, 0.717) is 17.8 Å². The van der Waals surface area contributed by atoms with E-state index in [4.69, 9.17) is 14.0 Å². The van der Waals surface area contributed by atoms with Crippen LogP contribution in [0, 0.1) is 0 Å². The van der Waals surface area contributed by atoms with Gasteiger partial charge in [0.15, 0.2) is 12.4 Å². The average Bonchev–Trinajstić information content (AvgIpc) is 3.12. The van der Waals surface area contributed by atoms with Crippen molar-refractivity contribution in [1.82, 2.24) is 15.0 Å². The molecule has 1 saturated heterocycles. The molecule has 2 fully saturated rings. The largest absolute Gasteiger partial charge is 0.492 e. The molecule has 0 radical (unpaired) electrons. The predicted molar refractivity (Wildman–Crippen MR) is 97.4 cm³/mol. The molecule has 0 amide bonds. The second-order valence-corrected chi connectivity index (χ2v) is 8.27. The third kappa shape index (κ3) is 4.01. The van der Waals surface area contributed by atoms with E-state index in [9.17, 15) is 0 Å². The normalized spacial score (nSPS) is 22.7. The maximum Gasteiger partial charge on any atom is 0.264 e. The van der Waals surface area contributed by atoms with Gasteiger partial charge in [0.2, 0.25) is 0 Å². The summed E-state index contributed by atoms with van der Waals surface area (Å²) in [6.07, 6.45) is 4.11. The van der Waals surface area contributed by atoms with E-state index in [1.807, 2.05) is 45.0 Å². The van der Waals surface area contributed by atoms with E-state index >= 15 is 0 Å². The maximum atomic E-state index is 5.90. The highest BCUT2D eigenvalue weighted by molar-refractivity contribution is 5.31. The Labute approximate surface area is 154 Å². The molecule has 2 aromatic rings. The molecule has 2 atom stereocenters. The first-order valence-electron chi connectivity index (χ1n) is 9.43. The zero-order chi connectivity index (χ0) is 18.1. The summed E-state index contributed by atoms with van der Waals surface area (Å²) < 4.78 is 16.9. The first-order valence-corrected chi connectivity index (χ1v) is 9.43. The van der Waals surface area contributed by atoms with Gasteiger partial charge in [0.1, 0.15) is 18.1 Å². The van der Waals surface area contributed by atoms with Crippen LogP contribution in [0.1, 0.15) is 51.7 Å². The first-order chi connectivity index (χ1) is 12.5. The molecule has 1 aliphatic heterocycles. The quantitative estimate of drug-likeness (QED) is 0.706. The highest BCUT2D eigenvalue weighted by atomic mass is 16.5. The van der Waals surface area contributed by atoms with Crippen LogP contribution in [0.25, 0.3) is 0 Å². The van der Waals surface area contributed by atoms with Crippen LogP contribution in [-0.2, 0) is 12.0 Å². The van der Waals surface area contributed by atoms with Gasteiger partial charge >= 0.3 is 0 Å². The molecular weight excluding hydrogens is 330 g/mol. The van der Waals surface area contributed by atoms with Crippen LogP contribution in [0.15, 0.2) is 28.8 Å². The number of ether oxygens (including phenoxy) is 2. The molecule has 1 aromatic carbocycles. The zero-order valence-corrected chi connectivity index (χ0v) is 15.8. The third-order valence-corrected chi connectivity index (χ3v) is 5.07. The van der Waals surface area contributed by atoms with Crippen molar-refractivity contribution < 1.29 is 14.0 Å². The first kappa shape index (κ1) is 17.3. The molecule has 1 aliphatic carbocycles. The average molecular weight is 357 g/mol. The Kier molecular flexibility index (Phi) is 4.61. The lowest BCUT2D eigenvalue weighted by Crippen LogP contribution is -2.29. The van der Waals surface area contributed by atoms with Crippen LogP contribution < -0.4 is 9.47 Å². The van der Waals surface area contributed by atoms with Crippen LogP contribution >= 0.6 is 0 Å². The van der Waals surface area contributed by atoms with Gasteiger partial charge in [-0.2, -0.15) is 4.98 Å². The summed E-state index contributed by atoms with van der Waals surface area (Å²) in [7, 11) is 0. The number of rotatable bonds is 7. The molecule has 2 heterocycles. The highest BCUT2D eigenvalue weighted by Crippen LogP contribution is 2.34. The summed E-state index contributed by atoms with van der Waals surface area (Å²) in [6, 6.07) is 9.13. The standard InChI is InChI=1S/C20H27N3O3/c1-20(2,3)19-21-18(26-22-19)13-25-17-9-7-16(8-10-17)24-12-15-11-23(15)14-5-4-6-14/h7-10,14-15H,4-6,11-13H2,1-3H3. The van der Waals surface area contributed by atoms with Crippen molar-refractivity contribution in [1.29, 1.82) is 0 Å². The van der Waals surface area contributed by atoms with E-state index in [1.165, 1.54) is 25.8 Å². The highest BCUT2D eigenvalue weighted by Gasteiger charge is 2.42. The Bertz CT molecular complexity index is 732. The molecule has 6 nitrogen and oxygen atoms in total. The molecule has 0 spiro atoms. The van der Waals surface area contributed by atoms with Gasteiger partial charge in [0.05, 0.1) is 6.04 Å².